The number of rotatable bonds is 3. The van der Waals surface area contributed by atoms with Gasteiger partial charge in [-0.15, -0.1) is 0 Å². The van der Waals surface area contributed by atoms with E-state index in [9.17, 15) is 4.79 Å². The Hall–Kier alpha value is -1.59. The Morgan fingerprint density at radius 1 is 1.07 bits per heavy atom. The minimum atomic E-state index is 0.0237. The Morgan fingerprint density at radius 2 is 1.74 bits per heavy atom. The number of nitrogens with one attached hydrogen (secondary N) is 1. The van der Waals surface area contributed by atoms with Gasteiger partial charge in [-0.25, -0.2) is 4.79 Å². The Balaban J connectivity index is 1.44. The van der Waals surface area contributed by atoms with Gasteiger partial charge in [0.15, 0.2) is 0 Å². The molecular weight excluding hydrogens is 336 g/mol. The second-order valence-corrected chi connectivity index (χ2v) is 9.32. The molecule has 5 nitrogen and oxygen atoms in total. The molecule has 1 N–H and O–H groups in total. The van der Waals surface area contributed by atoms with Gasteiger partial charge in [0.2, 0.25) is 0 Å². The number of anilines is 1. The van der Waals surface area contributed by atoms with Crippen molar-refractivity contribution in [3.63, 3.8) is 0 Å². The lowest BCUT2D eigenvalue weighted by atomic mass is 9.87. The fourth-order valence-electron chi connectivity index (χ4n) is 4.18. The van der Waals surface area contributed by atoms with E-state index in [1.807, 2.05) is 17.0 Å². The quantitative estimate of drug-likeness (QED) is 0.883. The van der Waals surface area contributed by atoms with Crippen LogP contribution in [0.2, 0.25) is 0 Å². The van der Waals surface area contributed by atoms with Gasteiger partial charge in [0, 0.05) is 45.0 Å². The van der Waals surface area contributed by atoms with E-state index in [0.29, 0.717) is 0 Å². The van der Waals surface area contributed by atoms with Crippen LogP contribution in [0.15, 0.2) is 24.3 Å². The van der Waals surface area contributed by atoms with Gasteiger partial charge in [0.05, 0.1) is 0 Å². The first-order valence-electron chi connectivity index (χ1n) is 10.4. The number of hydrogen-bond donors (Lipinski definition) is 1. The average molecular weight is 373 g/mol. The zero-order chi connectivity index (χ0) is 19.4. The molecular formula is C22H36N4O. The molecule has 1 aromatic carbocycles. The summed E-state index contributed by atoms with van der Waals surface area (Å²) in [6.45, 7) is 13.8. The number of hydrogen-bond acceptors (Lipinski definition) is 3. The normalized spacial score (nSPS) is 22.7. The lowest BCUT2D eigenvalue weighted by Gasteiger charge is -2.38. The van der Waals surface area contributed by atoms with Crippen molar-refractivity contribution in [3.8, 4) is 0 Å². The van der Waals surface area contributed by atoms with Crippen molar-refractivity contribution < 1.29 is 4.79 Å². The highest BCUT2D eigenvalue weighted by molar-refractivity contribution is 5.89. The van der Waals surface area contributed by atoms with Crippen LogP contribution in [0.1, 0.15) is 39.2 Å². The van der Waals surface area contributed by atoms with Gasteiger partial charge in [-0.05, 0) is 55.5 Å². The van der Waals surface area contributed by atoms with Crippen LogP contribution in [-0.2, 0) is 5.41 Å². The van der Waals surface area contributed by atoms with Crippen molar-refractivity contribution in [3.05, 3.63) is 29.8 Å². The summed E-state index contributed by atoms with van der Waals surface area (Å²) in [6, 6.07) is 8.25. The summed E-state index contributed by atoms with van der Waals surface area (Å²) in [6.07, 6.45) is 2.66. The smallest absolute Gasteiger partial charge is 0.321 e. The first kappa shape index (κ1) is 20.2. The van der Waals surface area contributed by atoms with Gasteiger partial charge in [0.25, 0.3) is 0 Å². The number of piperidine rings is 1. The SMILES string of the molecule is CN1CCCC(CN2CCN(C(=O)Nc3ccc(C(C)(C)C)cc3)CC2)C1. The van der Waals surface area contributed by atoms with Gasteiger partial charge in [-0.1, -0.05) is 32.9 Å². The number of carbonyl (C=O) groups is 1. The molecule has 2 amide bonds. The standard InChI is InChI=1S/C22H36N4O/c1-22(2,3)19-7-9-20(10-8-19)23-21(27)26-14-12-25(13-15-26)17-18-6-5-11-24(4)16-18/h7-10,18H,5-6,11-17H2,1-4H3,(H,23,27). The summed E-state index contributed by atoms with van der Waals surface area (Å²) in [5.74, 6) is 0.783. The van der Waals surface area contributed by atoms with Crippen LogP contribution in [-0.4, -0.2) is 73.6 Å². The predicted octanol–water partition coefficient (Wildman–Crippen LogP) is 3.48. The van der Waals surface area contributed by atoms with Gasteiger partial charge in [-0.2, -0.15) is 0 Å². The molecule has 150 valence electrons. The molecule has 2 saturated heterocycles. The molecule has 1 unspecified atom stereocenters. The van der Waals surface area contributed by atoms with Gasteiger partial charge < -0.3 is 15.1 Å². The molecule has 2 fully saturated rings. The first-order chi connectivity index (χ1) is 12.8. The van der Waals surface area contributed by atoms with E-state index in [1.165, 1.54) is 38.0 Å². The van der Waals surface area contributed by atoms with E-state index in [4.69, 9.17) is 0 Å². The Morgan fingerprint density at radius 3 is 2.33 bits per heavy atom. The lowest BCUT2D eigenvalue weighted by Crippen LogP contribution is -2.51. The van der Waals surface area contributed by atoms with Crippen LogP contribution >= 0.6 is 0 Å². The predicted molar refractivity (Wildman–Crippen MR) is 112 cm³/mol. The van der Waals surface area contributed by atoms with Gasteiger partial charge in [-0.3, -0.25) is 4.90 Å². The van der Waals surface area contributed by atoms with Crippen LogP contribution < -0.4 is 5.32 Å². The summed E-state index contributed by atoms with van der Waals surface area (Å²) in [5.41, 5.74) is 2.29. The molecule has 1 atom stereocenters. The average Bonchev–Trinajstić information content (AvgIpc) is 2.62. The maximum atomic E-state index is 12.6. The molecule has 1 aromatic rings. The number of amides is 2. The van der Waals surface area contributed by atoms with Crippen molar-refractivity contribution in [1.29, 1.82) is 0 Å². The number of carbonyl (C=O) groups excluding carboxylic acids is 1. The van der Waals surface area contributed by atoms with Gasteiger partial charge in [0.1, 0.15) is 0 Å². The van der Waals surface area contributed by atoms with Crippen molar-refractivity contribution in [2.45, 2.75) is 39.0 Å². The van der Waals surface area contributed by atoms with Crippen molar-refractivity contribution in [2.24, 2.45) is 5.92 Å². The highest BCUT2D eigenvalue weighted by Gasteiger charge is 2.25. The summed E-state index contributed by atoms with van der Waals surface area (Å²) >= 11 is 0. The van der Waals surface area contributed by atoms with Crippen molar-refractivity contribution in [1.82, 2.24) is 14.7 Å². The number of likely N-dealkylation sites (tertiary alicyclic amines) is 1. The largest absolute Gasteiger partial charge is 0.322 e. The Kier molecular flexibility index (Phi) is 6.43. The monoisotopic (exact) mass is 372 g/mol. The van der Waals surface area contributed by atoms with Crippen LogP contribution in [0.3, 0.4) is 0 Å². The molecule has 0 aromatic heterocycles. The molecule has 0 radical (unpaired) electrons. The molecule has 3 rings (SSSR count). The Labute approximate surface area is 164 Å². The number of piperazine rings is 1. The highest BCUT2D eigenvalue weighted by Crippen LogP contribution is 2.23. The summed E-state index contributed by atoms with van der Waals surface area (Å²) in [7, 11) is 2.22. The Bertz CT molecular complexity index is 614. The first-order valence-corrected chi connectivity index (χ1v) is 10.4. The molecule has 5 heteroatoms. The van der Waals surface area contributed by atoms with Crippen molar-refractivity contribution >= 4 is 11.7 Å². The highest BCUT2D eigenvalue weighted by atomic mass is 16.2. The molecule has 0 saturated carbocycles. The number of benzene rings is 1. The van der Waals surface area contributed by atoms with E-state index >= 15 is 0 Å². The maximum Gasteiger partial charge on any atom is 0.321 e. The minimum absolute atomic E-state index is 0.0237. The molecule has 2 aliphatic rings. The van der Waals surface area contributed by atoms with Gasteiger partial charge >= 0.3 is 6.03 Å². The van der Waals surface area contributed by atoms with E-state index in [0.717, 1.165) is 37.8 Å². The molecule has 0 bridgehead atoms. The van der Waals surface area contributed by atoms with Crippen LogP contribution in [0, 0.1) is 5.92 Å². The van der Waals surface area contributed by atoms with Crippen LogP contribution in [0.25, 0.3) is 0 Å². The topological polar surface area (TPSA) is 38.8 Å². The zero-order valence-electron chi connectivity index (χ0n) is 17.5. The maximum absolute atomic E-state index is 12.6. The van der Waals surface area contributed by atoms with Crippen LogP contribution in [0.4, 0.5) is 10.5 Å². The second-order valence-electron chi connectivity index (χ2n) is 9.32. The molecule has 0 aliphatic carbocycles. The minimum Gasteiger partial charge on any atom is -0.322 e. The number of nitrogens with zero attached hydrogens (tertiary/aromatic N) is 3. The second kappa shape index (κ2) is 8.61. The third kappa shape index (κ3) is 5.69. The fourth-order valence-corrected chi connectivity index (χ4v) is 4.18. The summed E-state index contributed by atoms with van der Waals surface area (Å²) < 4.78 is 0. The van der Waals surface area contributed by atoms with E-state index in [1.54, 1.807) is 0 Å². The zero-order valence-corrected chi connectivity index (χ0v) is 17.5. The summed E-state index contributed by atoms with van der Waals surface area (Å²) in [4.78, 5) is 19.5. The molecule has 27 heavy (non-hydrogen) atoms. The fraction of sp³-hybridized carbons (Fsp3) is 0.682. The number of urea groups is 1. The lowest BCUT2D eigenvalue weighted by molar-refractivity contribution is 0.109. The third-order valence-corrected chi connectivity index (χ3v) is 5.90. The van der Waals surface area contributed by atoms with Crippen molar-refractivity contribution in [2.75, 3.05) is 58.2 Å². The molecule has 2 aliphatic heterocycles. The van der Waals surface area contributed by atoms with E-state index < -0.39 is 0 Å². The van der Waals surface area contributed by atoms with E-state index in [-0.39, 0.29) is 11.4 Å². The molecule has 0 spiro atoms. The van der Waals surface area contributed by atoms with E-state index in [2.05, 4.69) is 55.1 Å². The van der Waals surface area contributed by atoms with Crippen LogP contribution in [0.5, 0.6) is 0 Å². The third-order valence-electron chi connectivity index (χ3n) is 5.90. The summed E-state index contributed by atoms with van der Waals surface area (Å²) in [5, 5.41) is 3.05. The molecule has 2 heterocycles.